The van der Waals surface area contributed by atoms with E-state index < -0.39 is 6.10 Å². The number of ether oxygens (including phenoxy) is 1. The van der Waals surface area contributed by atoms with Gasteiger partial charge in [-0.3, -0.25) is 9.69 Å². The van der Waals surface area contributed by atoms with E-state index in [1.807, 2.05) is 30.1 Å². The van der Waals surface area contributed by atoms with Gasteiger partial charge in [0, 0.05) is 58.9 Å². The summed E-state index contributed by atoms with van der Waals surface area (Å²) in [5.74, 6) is 0.805. The van der Waals surface area contributed by atoms with Crippen molar-refractivity contribution in [2.75, 3.05) is 64.8 Å². The number of likely N-dealkylation sites (tertiary alicyclic amines) is 1. The monoisotopic (exact) mass is 478 g/mol. The van der Waals surface area contributed by atoms with Crippen molar-refractivity contribution in [2.45, 2.75) is 38.0 Å². The van der Waals surface area contributed by atoms with Crippen molar-refractivity contribution in [3.05, 3.63) is 59.2 Å². The van der Waals surface area contributed by atoms with Crippen LogP contribution in [0, 0.1) is 0 Å². The van der Waals surface area contributed by atoms with Gasteiger partial charge in [-0.15, -0.1) is 0 Å². The van der Waals surface area contributed by atoms with Crippen molar-refractivity contribution in [2.24, 2.45) is 0 Å². The minimum Gasteiger partial charge on any atom is -0.489 e. The van der Waals surface area contributed by atoms with Crippen molar-refractivity contribution in [1.82, 2.24) is 14.7 Å². The number of carbonyl (C=O) groups excluding carboxylic acids is 1. The van der Waals surface area contributed by atoms with E-state index in [0.717, 1.165) is 63.4 Å². The fourth-order valence-corrected chi connectivity index (χ4v) is 5.65. The molecule has 7 heteroatoms. The van der Waals surface area contributed by atoms with Crippen LogP contribution in [0.5, 0.6) is 5.75 Å². The molecule has 1 fully saturated rings. The molecular formula is C28H38N4O3. The molecular weight excluding hydrogens is 440 g/mol. The van der Waals surface area contributed by atoms with E-state index in [-0.39, 0.29) is 12.0 Å². The Balaban J connectivity index is 1.22. The molecule has 0 bridgehead atoms. The third-order valence-corrected chi connectivity index (χ3v) is 7.60. The Morgan fingerprint density at radius 1 is 1.03 bits per heavy atom. The molecule has 0 aliphatic carbocycles. The molecule has 2 aromatic rings. The van der Waals surface area contributed by atoms with E-state index in [4.69, 9.17) is 4.74 Å². The third kappa shape index (κ3) is 5.63. The average Bonchev–Trinajstić information content (AvgIpc) is 2.96. The summed E-state index contributed by atoms with van der Waals surface area (Å²) >= 11 is 0. The van der Waals surface area contributed by atoms with Gasteiger partial charge in [-0.2, -0.15) is 0 Å². The maximum atomic E-state index is 13.4. The smallest absolute Gasteiger partial charge is 0.256 e. The number of rotatable bonds is 6. The molecule has 2 atom stereocenters. The zero-order chi connectivity index (χ0) is 24.4. The second-order valence-corrected chi connectivity index (χ2v) is 10.4. The molecule has 0 radical (unpaired) electrons. The van der Waals surface area contributed by atoms with Crippen LogP contribution >= 0.6 is 0 Å². The first-order valence-corrected chi connectivity index (χ1v) is 12.9. The highest BCUT2D eigenvalue weighted by molar-refractivity contribution is 6.00. The van der Waals surface area contributed by atoms with E-state index in [1.54, 1.807) is 0 Å². The maximum absolute atomic E-state index is 13.4. The molecule has 1 N–H and O–H groups in total. The van der Waals surface area contributed by atoms with Gasteiger partial charge in [-0.25, -0.2) is 0 Å². The first kappa shape index (κ1) is 24.1. The molecule has 3 aliphatic rings. The molecule has 3 aliphatic heterocycles. The molecule has 7 nitrogen and oxygen atoms in total. The largest absolute Gasteiger partial charge is 0.489 e. The standard InChI is InChI=1S/C28H38N4O3/c1-29-12-5-8-25(20-29)35-24-9-10-26-27(16-24)30(2)14-15-32(28(26)34)19-23(33)18-31-13-11-21-6-3-4-7-22(21)17-31/h3-4,6-7,9-10,16,23,25,33H,5,8,11-15,17-20H2,1-2H3. The van der Waals surface area contributed by atoms with Crippen LogP contribution in [-0.4, -0.2) is 97.8 Å². The van der Waals surface area contributed by atoms with Gasteiger partial charge in [0.05, 0.1) is 17.4 Å². The van der Waals surface area contributed by atoms with Gasteiger partial charge < -0.3 is 24.5 Å². The number of β-amino-alcohol motifs (C(OH)–C–C–N with tert-alkyl or cyclic N) is 1. The van der Waals surface area contributed by atoms with Crippen LogP contribution in [0.3, 0.4) is 0 Å². The highest BCUT2D eigenvalue weighted by atomic mass is 16.5. The number of fused-ring (bicyclic) bond motifs is 2. The molecule has 0 aromatic heterocycles. The summed E-state index contributed by atoms with van der Waals surface area (Å²) in [7, 11) is 4.15. The molecule has 0 spiro atoms. The molecule has 2 unspecified atom stereocenters. The Kier molecular flexibility index (Phi) is 7.27. The van der Waals surface area contributed by atoms with E-state index in [0.29, 0.717) is 25.2 Å². The fourth-order valence-electron chi connectivity index (χ4n) is 5.65. The van der Waals surface area contributed by atoms with Crippen molar-refractivity contribution in [1.29, 1.82) is 0 Å². The summed E-state index contributed by atoms with van der Waals surface area (Å²) in [6, 6.07) is 14.3. The number of anilines is 1. The molecule has 2 aromatic carbocycles. The summed E-state index contributed by atoms with van der Waals surface area (Å²) in [4.78, 5) is 22.0. The van der Waals surface area contributed by atoms with Crippen LogP contribution in [0.2, 0.25) is 0 Å². The van der Waals surface area contributed by atoms with Gasteiger partial charge in [0.15, 0.2) is 0 Å². The lowest BCUT2D eigenvalue weighted by Gasteiger charge is -2.32. The first-order valence-electron chi connectivity index (χ1n) is 12.9. The zero-order valence-corrected chi connectivity index (χ0v) is 21.0. The predicted octanol–water partition coefficient (Wildman–Crippen LogP) is 2.47. The van der Waals surface area contributed by atoms with Crippen LogP contribution < -0.4 is 9.64 Å². The summed E-state index contributed by atoms with van der Waals surface area (Å²) in [5.41, 5.74) is 4.32. The Morgan fingerprint density at radius 2 is 1.86 bits per heavy atom. The first-order chi connectivity index (χ1) is 17.0. The Labute approximate surface area is 208 Å². The molecule has 0 saturated carbocycles. The summed E-state index contributed by atoms with van der Waals surface area (Å²) in [5, 5.41) is 10.9. The SMILES string of the molecule is CN1CCCC(Oc2ccc3c(c2)N(C)CCN(CC(O)CN2CCc4ccccc4C2)C3=O)C1. The van der Waals surface area contributed by atoms with Crippen LogP contribution in [-0.2, 0) is 13.0 Å². The van der Waals surface area contributed by atoms with Crippen LogP contribution in [0.1, 0.15) is 34.3 Å². The number of hydrogen-bond acceptors (Lipinski definition) is 6. The molecule has 1 amide bonds. The quantitative estimate of drug-likeness (QED) is 0.689. The second kappa shape index (κ2) is 10.6. The van der Waals surface area contributed by atoms with Crippen LogP contribution in [0.4, 0.5) is 5.69 Å². The third-order valence-electron chi connectivity index (χ3n) is 7.60. The van der Waals surface area contributed by atoms with Gasteiger partial charge in [-0.05, 0) is 56.1 Å². The maximum Gasteiger partial charge on any atom is 0.256 e. The van der Waals surface area contributed by atoms with Gasteiger partial charge in [0.25, 0.3) is 5.91 Å². The van der Waals surface area contributed by atoms with E-state index >= 15 is 0 Å². The molecule has 3 heterocycles. The molecule has 1 saturated heterocycles. The Bertz CT molecular complexity index is 1040. The number of hydrogen-bond donors (Lipinski definition) is 1. The number of likely N-dealkylation sites (N-methyl/N-ethyl adjacent to an activating group) is 2. The summed E-state index contributed by atoms with van der Waals surface area (Å²) in [6.07, 6.45) is 2.82. The van der Waals surface area contributed by atoms with Gasteiger partial charge in [0.2, 0.25) is 0 Å². The minimum atomic E-state index is -0.582. The number of aliphatic hydroxyl groups is 1. The minimum absolute atomic E-state index is 0.0173. The number of aliphatic hydroxyl groups excluding tert-OH is 1. The van der Waals surface area contributed by atoms with Gasteiger partial charge >= 0.3 is 0 Å². The van der Waals surface area contributed by atoms with Crippen molar-refractivity contribution >= 4 is 11.6 Å². The lowest BCUT2D eigenvalue weighted by molar-refractivity contribution is 0.0521. The summed E-state index contributed by atoms with van der Waals surface area (Å²) < 4.78 is 6.28. The van der Waals surface area contributed by atoms with E-state index in [2.05, 4.69) is 46.0 Å². The van der Waals surface area contributed by atoms with E-state index in [1.165, 1.54) is 11.1 Å². The number of amides is 1. The molecule has 188 valence electrons. The lowest BCUT2D eigenvalue weighted by Crippen LogP contribution is -2.44. The topological polar surface area (TPSA) is 59.5 Å². The van der Waals surface area contributed by atoms with Crippen molar-refractivity contribution in [3.8, 4) is 5.75 Å². The Morgan fingerprint density at radius 3 is 2.69 bits per heavy atom. The number of piperidine rings is 1. The number of nitrogens with zero attached hydrogens (tertiary/aromatic N) is 4. The zero-order valence-electron chi connectivity index (χ0n) is 21.0. The van der Waals surface area contributed by atoms with Gasteiger partial charge in [0.1, 0.15) is 11.9 Å². The molecule has 5 rings (SSSR count). The van der Waals surface area contributed by atoms with Crippen molar-refractivity contribution < 1.29 is 14.6 Å². The lowest BCUT2D eigenvalue weighted by atomic mass is 10.00. The normalized spacial score (nSPS) is 22.4. The number of carbonyl (C=O) groups is 1. The highest BCUT2D eigenvalue weighted by Gasteiger charge is 2.28. The molecule has 35 heavy (non-hydrogen) atoms. The highest BCUT2D eigenvalue weighted by Crippen LogP contribution is 2.30. The number of benzene rings is 2. The van der Waals surface area contributed by atoms with Gasteiger partial charge in [-0.1, -0.05) is 24.3 Å². The summed E-state index contributed by atoms with van der Waals surface area (Å²) in [6.45, 7) is 6.07. The van der Waals surface area contributed by atoms with Crippen molar-refractivity contribution in [3.63, 3.8) is 0 Å². The van der Waals surface area contributed by atoms with Crippen LogP contribution in [0.15, 0.2) is 42.5 Å². The predicted molar refractivity (Wildman–Crippen MR) is 138 cm³/mol. The Hall–Kier alpha value is -2.61. The average molecular weight is 479 g/mol. The second-order valence-electron chi connectivity index (χ2n) is 10.4. The van der Waals surface area contributed by atoms with E-state index in [9.17, 15) is 9.90 Å². The fraction of sp³-hybridized carbons (Fsp3) is 0.536. The van der Waals surface area contributed by atoms with Crippen LogP contribution in [0.25, 0.3) is 0 Å².